The van der Waals surface area contributed by atoms with Crippen LogP contribution in [0.5, 0.6) is 23.5 Å². The van der Waals surface area contributed by atoms with E-state index in [4.69, 9.17) is 25.8 Å². The van der Waals surface area contributed by atoms with Gasteiger partial charge in [0.25, 0.3) is 0 Å². The van der Waals surface area contributed by atoms with E-state index in [-0.39, 0.29) is 6.01 Å². The van der Waals surface area contributed by atoms with Crippen molar-refractivity contribution < 1.29 is 14.2 Å². The first-order chi connectivity index (χ1) is 12.7. The number of rotatable bonds is 6. The lowest BCUT2D eigenvalue weighted by molar-refractivity contribution is 0.348. The van der Waals surface area contributed by atoms with Gasteiger partial charge < -0.3 is 14.2 Å². The van der Waals surface area contributed by atoms with Crippen LogP contribution in [0.1, 0.15) is 5.56 Å². The molecule has 26 heavy (non-hydrogen) atoms. The molecular formula is C19H16ClN3O3. The molecule has 0 unspecified atom stereocenters. The smallest absolute Gasteiger partial charge is 0.328 e. The van der Waals surface area contributed by atoms with E-state index in [0.29, 0.717) is 22.5 Å². The molecule has 0 bridgehead atoms. The summed E-state index contributed by atoms with van der Waals surface area (Å²) in [5.74, 6) is 1.25. The molecule has 0 aliphatic carbocycles. The van der Waals surface area contributed by atoms with Gasteiger partial charge in [-0.3, -0.25) is 4.99 Å². The maximum absolute atomic E-state index is 5.89. The first-order valence-electron chi connectivity index (χ1n) is 7.71. The first-order valence-corrected chi connectivity index (χ1v) is 8.09. The number of ether oxygens (including phenoxy) is 3. The van der Waals surface area contributed by atoms with Crippen molar-refractivity contribution in [1.82, 2.24) is 9.97 Å². The molecule has 7 heteroatoms. The van der Waals surface area contributed by atoms with Gasteiger partial charge in [-0.05, 0) is 36.4 Å². The minimum atomic E-state index is 0.119. The average Bonchev–Trinajstić information content (AvgIpc) is 2.68. The number of methoxy groups -OCH3 is 2. The van der Waals surface area contributed by atoms with Crippen molar-refractivity contribution >= 4 is 23.5 Å². The van der Waals surface area contributed by atoms with Crippen LogP contribution in [0.25, 0.3) is 0 Å². The summed E-state index contributed by atoms with van der Waals surface area (Å²) in [6.07, 6.45) is 1.70. The highest BCUT2D eigenvalue weighted by Crippen LogP contribution is 2.26. The topological polar surface area (TPSA) is 65.8 Å². The maximum Gasteiger partial charge on any atom is 0.328 e. The molecule has 1 heterocycles. The Bertz CT molecular complexity index is 892. The molecular weight excluding hydrogens is 354 g/mol. The van der Waals surface area contributed by atoms with E-state index < -0.39 is 0 Å². The van der Waals surface area contributed by atoms with Crippen molar-refractivity contribution in [3.05, 3.63) is 65.2 Å². The van der Waals surface area contributed by atoms with Gasteiger partial charge in [-0.15, -0.1) is 0 Å². The van der Waals surface area contributed by atoms with Crippen LogP contribution in [0.15, 0.2) is 59.6 Å². The molecule has 2 aromatic carbocycles. The molecule has 0 saturated heterocycles. The van der Waals surface area contributed by atoms with E-state index >= 15 is 0 Å². The molecule has 0 fully saturated rings. The summed E-state index contributed by atoms with van der Waals surface area (Å²) in [5, 5.41) is 0.664. The van der Waals surface area contributed by atoms with Crippen molar-refractivity contribution in [3.8, 4) is 23.5 Å². The van der Waals surface area contributed by atoms with Crippen LogP contribution in [0, 0.1) is 0 Å². The lowest BCUT2D eigenvalue weighted by Gasteiger charge is -2.09. The van der Waals surface area contributed by atoms with Crippen LogP contribution in [0.3, 0.4) is 0 Å². The number of benzene rings is 2. The molecule has 6 nitrogen and oxygen atoms in total. The van der Waals surface area contributed by atoms with Crippen LogP contribution in [0.2, 0.25) is 5.02 Å². The second-order valence-electron chi connectivity index (χ2n) is 5.11. The molecule has 3 aromatic rings. The quantitative estimate of drug-likeness (QED) is 0.590. The Kier molecular flexibility index (Phi) is 5.66. The Hall–Kier alpha value is -3.12. The lowest BCUT2D eigenvalue weighted by Crippen LogP contribution is -1.99. The molecule has 1 aromatic heterocycles. The minimum Gasteiger partial charge on any atom is -0.481 e. The average molecular weight is 370 g/mol. The minimum absolute atomic E-state index is 0.119. The third kappa shape index (κ3) is 4.49. The fourth-order valence-corrected chi connectivity index (χ4v) is 2.21. The zero-order valence-corrected chi connectivity index (χ0v) is 15.0. The molecule has 0 spiro atoms. The summed E-state index contributed by atoms with van der Waals surface area (Å²) in [7, 11) is 3.02. The summed E-state index contributed by atoms with van der Waals surface area (Å²) in [4.78, 5) is 12.8. The van der Waals surface area contributed by atoms with Crippen LogP contribution >= 0.6 is 11.6 Å². The van der Waals surface area contributed by atoms with Gasteiger partial charge in [0.15, 0.2) is 0 Å². The summed E-state index contributed by atoms with van der Waals surface area (Å²) >= 11 is 5.89. The lowest BCUT2D eigenvalue weighted by atomic mass is 10.2. The van der Waals surface area contributed by atoms with Gasteiger partial charge in [0, 0.05) is 16.8 Å². The van der Waals surface area contributed by atoms with Gasteiger partial charge in [-0.2, -0.15) is 9.97 Å². The van der Waals surface area contributed by atoms with Crippen molar-refractivity contribution in [2.24, 2.45) is 4.99 Å². The molecule has 0 amide bonds. The van der Waals surface area contributed by atoms with Crippen molar-refractivity contribution in [1.29, 1.82) is 0 Å². The highest BCUT2D eigenvalue weighted by Gasteiger charge is 2.09. The predicted octanol–water partition coefficient (Wildman–Crippen LogP) is 4.69. The Morgan fingerprint density at radius 2 is 1.58 bits per heavy atom. The third-order valence-electron chi connectivity index (χ3n) is 3.38. The van der Waals surface area contributed by atoms with Crippen molar-refractivity contribution in [3.63, 3.8) is 0 Å². The van der Waals surface area contributed by atoms with Gasteiger partial charge in [-0.1, -0.05) is 23.7 Å². The first kappa shape index (κ1) is 17.7. The standard InChI is InChI=1S/C19H16ClN3O3/c1-24-17-11-18(25-2)23-19(22-17)26-16-6-4-3-5-13(16)12-21-15-9-7-14(20)8-10-15/h3-12H,1-2H3/b21-12+. The fourth-order valence-electron chi connectivity index (χ4n) is 2.09. The molecule has 3 rings (SSSR count). The Morgan fingerprint density at radius 3 is 2.23 bits per heavy atom. The van der Waals surface area contributed by atoms with E-state index in [1.54, 1.807) is 30.5 Å². The van der Waals surface area contributed by atoms with E-state index in [2.05, 4.69) is 15.0 Å². The molecule has 0 aliphatic rings. The van der Waals surface area contributed by atoms with Crippen LogP contribution in [-0.2, 0) is 0 Å². The number of aromatic nitrogens is 2. The third-order valence-corrected chi connectivity index (χ3v) is 3.63. The second kappa shape index (κ2) is 8.31. The van der Waals surface area contributed by atoms with Gasteiger partial charge in [0.2, 0.25) is 11.8 Å². The van der Waals surface area contributed by atoms with Crippen LogP contribution < -0.4 is 14.2 Å². The normalized spacial score (nSPS) is 10.7. The number of hydrogen-bond acceptors (Lipinski definition) is 6. The van der Waals surface area contributed by atoms with Crippen molar-refractivity contribution in [2.75, 3.05) is 14.2 Å². The number of halogens is 1. The second-order valence-corrected chi connectivity index (χ2v) is 5.55. The van der Waals surface area contributed by atoms with Gasteiger partial charge in [0.1, 0.15) is 5.75 Å². The number of nitrogens with zero attached hydrogens (tertiary/aromatic N) is 3. The summed E-state index contributed by atoms with van der Waals surface area (Å²) in [6, 6.07) is 16.4. The molecule has 0 atom stereocenters. The van der Waals surface area contributed by atoms with Crippen molar-refractivity contribution in [2.45, 2.75) is 0 Å². The highest BCUT2D eigenvalue weighted by atomic mass is 35.5. The van der Waals surface area contributed by atoms with E-state index in [9.17, 15) is 0 Å². The number of para-hydroxylation sites is 1. The Labute approximate surface area is 156 Å². The summed E-state index contributed by atoms with van der Waals surface area (Å²) in [5.41, 5.74) is 1.55. The zero-order chi connectivity index (χ0) is 18.4. The van der Waals surface area contributed by atoms with Gasteiger partial charge in [-0.25, -0.2) is 0 Å². The molecule has 0 saturated carbocycles. The Balaban J connectivity index is 1.86. The van der Waals surface area contributed by atoms with Crippen LogP contribution in [0.4, 0.5) is 5.69 Å². The summed E-state index contributed by atoms with van der Waals surface area (Å²) < 4.78 is 16.1. The SMILES string of the molecule is COc1cc(OC)nc(Oc2ccccc2/C=N/c2ccc(Cl)cc2)n1. The largest absolute Gasteiger partial charge is 0.481 e. The summed E-state index contributed by atoms with van der Waals surface area (Å²) in [6.45, 7) is 0. The van der Waals surface area contributed by atoms with Gasteiger partial charge >= 0.3 is 6.01 Å². The predicted molar refractivity (Wildman–Crippen MR) is 100 cm³/mol. The van der Waals surface area contributed by atoms with Crippen LogP contribution in [-0.4, -0.2) is 30.4 Å². The van der Waals surface area contributed by atoms with Gasteiger partial charge in [0.05, 0.1) is 26.0 Å². The Morgan fingerprint density at radius 1 is 0.923 bits per heavy atom. The molecule has 0 N–H and O–H groups in total. The fraction of sp³-hybridized carbons (Fsp3) is 0.105. The molecule has 0 aliphatic heterocycles. The molecule has 0 radical (unpaired) electrons. The maximum atomic E-state index is 5.89. The van der Waals surface area contributed by atoms with E-state index in [0.717, 1.165) is 11.3 Å². The number of hydrogen-bond donors (Lipinski definition) is 0. The molecule has 132 valence electrons. The number of aliphatic imine (C=N–C) groups is 1. The van der Waals surface area contributed by atoms with E-state index in [1.807, 2.05) is 30.3 Å². The monoisotopic (exact) mass is 369 g/mol. The highest BCUT2D eigenvalue weighted by molar-refractivity contribution is 6.30. The zero-order valence-electron chi connectivity index (χ0n) is 14.2. The van der Waals surface area contributed by atoms with E-state index in [1.165, 1.54) is 14.2 Å².